The minimum Gasteiger partial charge on any atom is -0.351 e. The number of benzene rings is 1. The van der Waals surface area contributed by atoms with Gasteiger partial charge < -0.3 is 10.2 Å². The largest absolute Gasteiger partial charge is 0.351 e. The van der Waals surface area contributed by atoms with Gasteiger partial charge in [0.2, 0.25) is 0 Å². The van der Waals surface area contributed by atoms with Gasteiger partial charge in [0.1, 0.15) is 5.84 Å². The van der Waals surface area contributed by atoms with Crippen LogP contribution in [0.4, 0.5) is 11.4 Å². The highest BCUT2D eigenvalue weighted by molar-refractivity contribution is 5.97. The molecule has 0 bridgehead atoms. The van der Waals surface area contributed by atoms with Gasteiger partial charge in [-0.2, -0.15) is 0 Å². The van der Waals surface area contributed by atoms with Gasteiger partial charge in [-0.15, -0.1) is 0 Å². The molecule has 0 fully saturated rings. The first-order chi connectivity index (χ1) is 11.2. The minimum atomic E-state index is -0.145. The molecule has 2 rings (SSSR count). The van der Waals surface area contributed by atoms with Gasteiger partial charge in [-0.3, -0.25) is 0 Å². The molecule has 0 spiro atoms. The molecule has 0 saturated heterocycles. The SMILES string of the molecule is C=CN(C)c1cc2c(cc1C(C)(C)C(=C)CCC)C(=C)NC(C)=N2. The Morgan fingerprint density at radius 1 is 1.38 bits per heavy atom. The van der Waals surface area contributed by atoms with Gasteiger partial charge >= 0.3 is 0 Å². The van der Waals surface area contributed by atoms with Gasteiger partial charge in [0.15, 0.2) is 0 Å². The van der Waals surface area contributed by atoms with Gasteiger partial charge in [0, 0.05) is 29.4 Å². The molecule has 128 valence electrons. The normalized spacial score (nSPS) is 13.7. The van der Waals surface area contributed by atoms with Crippen molar-refractivity contribution in [3.05, 3.63) is 54.8 Å². The molecule has 0 saturated carbocycles. The fourth-order valence-electron chi connectivity index (χ4n) is 3.10. The summed E-state index contributed by atoms with van der Waals surface area (Å²) in [5.74, 6) is 0.863. The molecule has 0 amide bonds. The van der Waals surface area contributed by atoms with Crippen molar-refractivity contribution < 1.29 is 0 Å². The molecule has 3 heteroatoms. The Kier molecular flexibility index (Phi) is 5.02. The van der Waals surface area contributed by atoms with E-state index in [1.807, 2.05) is 25.1 Å². The zero-order valence-electron chi connectivity index (χ0n) is 15.7. The predicted molar refractivity (Wildman–Crippen MR) is 107 cm³/mol. The van der Waals surface area contributed by atoms with E-state index in [2.05, 4.69) is 62.9 Å². The third-order valence-electron chi connectivity index (χ3n) is 4.82. The van der Waals surface area contributed by atoms with Crippen LogP contribution in [0.1, 0.15) is 51.7 Å². The van der Waals surface area contributed by atoms with Crippen LogP contribution < -0.4 is 10.2 Å². The van der Waals surface area contributed by atoms with Crippen LogP contribution in [0.5, 0.6) is 0 Å². The molecule has 1 aliphatic rings. The summed E-state index contributed by atoms with van der Waals surface area (Å²) in [5, 5.41) is 3.23. The van der Waals surface area contributed by atoms with Gasteiger partial charge in [-0.25, -0.2) is 4.99 Å². The van der Waals surface area contributed by atoms with E-state index in [9.17, 15) is 0 Å². The van der Waals surface area contributed by atoms with Crippen LogP contribution in [0.2, 0.25) is 0 Å². The third-order valence-corrected chi connectivity index (χ3v) is 4.82. The number of nitrogens with zero attached hydrogens (tertiary/aromatic N) is 2. The van der Waals surface area contributed by atoms with Crippen LogP contribution in [0, 0.1) is 0 Å². The first-order valence-corrected chi connectivity index (χ1v) is 8.46. The smallest absolute Gasteiger partial charge is 0.103 e. The van der Waals surface area contributed by atoms with Crippen molar-refractivity contribution in [3.8, 4) is 0 Å². The summed E-state index contributed by atoms with van der Waals surface area (Å²) in [6.07, 6.45) is 3.94. The molecule has 1 N–H and O–H groups in total. The Morgan fingerprint density at radius 3 is 2.62 bits per heavy atom. The molecule has 1 aromatic carbocycles. The van der Waals surface area contributed by atoms with Gasteiger partial charge in [-0.1, -0.05) is 52.5 Å². The summed E-state index contributed by atoms with van der Waals surface area (Å²) >= 11 is 0. The van der Waals surface area contributed by atoms with Crippen LogP contribution in [0.25, 0.3) is 5.70 Å². The predicted octanol–water partition coefficient (Wildman–Crippen LogP) is 5.52. The zero-order chi connectivity index (χ0) is 18.1. The van der Waals surface area contributed by atoms with Crippen molar-refractivity contribution in [1.29, 1.82) is 0 Å². The molecule has 0 aliphatic carbocycles. The first-order valence-electron chi connectivity index (χ1n) is 8.46. The molecule has 1 heterocycles. The van der Waals surface area contributed by atoms with Crippen molar-refractivity contribution >= 4 is 22.9 Å². The molecule has 24 heavy (non-hydrogen) atoms. The molecule has 0 radical (unpaired) electrons. The highest BCUT2D eigenvalue weighted by Gasteiger charge is 2.29. The third kappa shape index (κ3) is 3.16. The van der Waals surface area contributed by atoms with Crippen molar-refractivity contribution in [2.45, 2.75) is 46.0 Å². The van der Waals surface area contributed by atoms with E-state index >= 15 is 0 Å². The monoisotopic (exact) mass is 323 g/mol. The number of aliphatic imine (C=N–C) groups is 1. The van der Waals surface area contributed by atoms with E-state index in [1.54, 1.807) is 0 Å². The quantitative estimate of drug-likeness (QED) is 0.698. The van der Waals surface area contributed by atoms with Crippen LogP contribution in [0.15, 0.2) is 48.6 Å². The highest BCUT2D eigenvalue weighted by Crippen LogP contribution is 2.43. The van der Waals surface area contributed by atoms with Crippen LogP contribution in [0.3, 0.4) is 0 Å². The van der Waals surface area contributed by atoms with Crippen LogP contribution >= 0.6 is 0 Å². The number of hydrogen-bond acceptors (Lipinski definition) is 3. The second-order valence-electron chi connectivity index (χ2n) is 6.96. The second-order valence-corrected chi connectivity index (χ2v) is 6.96. The molecular weight excluding hydrogens is 294 g/mol. The van der Waals surface area contributed by atoms with E-state index in [-0.39, 0.29) is 5.41 Å². The maximum atomic E-state index is 4.64. The summed E-state index contributed by atoms with van der Waals surface area (Å²) in [7, 11) is 2.02. The van der Waals surface area contributed by atoms with E-state index in [0.717, 1.165) is 41.3 Å². The molecule has 0 atom stereocenters. The van der Waals surface area contributed by atoms with E-state index in [0.29, 0.717) is 0 Å². The highest BCUT2D eigenvalue weighted by atomic mass is 15.1. The topological polar surface area (TPSA) is 27.6 Å². The van der Waals surface area contributed by atoms with Crippen molar-refractivity contribution in [1.82, 2.24) is 5.32 Å². The van der Waals surface area contributed by atoms with E-state index in [1.165, 1.54) is 11.1 Å². The Labute approximate surface area is 146 Å². The molecular formula is C21H29N3. The van der Waals surface area contributed by atoms with Gasteiger partial charge in [0.25, 0.3) is 0 Å². The lowest BCUT2D eigenvalue weighted by molar-refractivity contribution is 0.590. The van der Waals surface area contributed by atoms with Gasteiger partial charge in [-0.05, 0) is 37.2 Å². The number of anilines is 1. The lowest BCUT2D eigenvalue weighted by Gasteiger charge is -2.34. The number of allylic oxidation sites excluding steroid dienone is 1. The number of hydrogen-bond donors (Lipinski definition) is 1. The summed E-state index contributed by atoms with van der Waals surface area (Å²) < 4.78 is 0. The standard InChI is InChI=1S/C21H29N3/c1-9-11-14(3)21(6,7)18-12-17-15(4)22-16(5)23-19(17)13-20(18)24(8)10-2/h10,12-13H,2-4,9,11H2,1,5-8H3,(H,22,23). The number of amidine groups is 1. The molecule has 0 aromatic heterocycles. The number of nitrogens with one attached hydrogen (secondary N) is 1. The number of rotatable bonds is 6. The fourth-order valence-corrected chi connectivity index (χ4v) is 3.10. The average molecular weight is 323 g/mol. The maximum absolute atomic E-state index is 4.64. The average Bonchev–Trinajstić information content (AvgIpc) is 2.52. The molecule has 1 aromatic rings. The van der Waals surface area contributed by atoms with Gasteiger partial charge in [0.05, 0.1) is 5.69 Å². The fraction of sp³-hybridized carbons (Fsp3) is 0.381. The van der Waals surface area contributed by atoms with Crippen molar-refractivity contribution in [3.63, 3.8) is 0 Å². The minimum absolute atomic E-state index is 0.145. The Bertz CT molecular complexity index is 723. The number of fused-ring (bicyclic) bond motifs is 1. The lowest BCUT2D eigenvalue weighted by atomic mass is 9.75. The summed E-state index contributed by atoms with van der Waals surface area (Å²) in [6.45, 7) is 21.0. The molecule has 0 unspecified atom stereocenters. The molecule has 3 nitrogen and oxygen atoms in total. The summed E-state index contributed by atoms with van der Waals surface area (Å²) in [5.41, 5.74) is 6.31. The second kappa shape index (κ2) is 6.68. The van der Waals surface area contributed by atoms with Crippen LogP contribution in [-0.2, 0) is 5.41 Å². The maximum Gasteiger partial charge on any atom is 0.103 e. The first kappa shape index (κ1) is 18.1. The summed E-state index contributed by atoms with van der Waals surface area (Å²) in [4.78, 5) is 6.69. The Hall–Kier alpha value is -2.29. The van der Waals surface area contributed by atoms with Crippen molar-refractivity contribution in [2.75, 3.05) is 11.9 Å². The Morgan fingerprint density at radius 2 is 2.04 bits per heavy atom. The molecule has 1 aliphatic heterocycles. The summed E-state index contributed by atoms with van der Waals surface area (Å²) in [6, 6.07) is 4.33. The lowest BCUT2D eigenvalue weighted by Crippen LogP contribution is -2.26. The van der Waals surface area contributed by atoms with Crippen LogP contribution in [-0.4, -0.2) is 12.9 Å². The van der Waals surface area contributed by atoms with Crippen molar-refractivity contribution in [2.24, 2.45) is 4.99 Å². The zero-order valence-corrected chi connectivity index (χ0v) is 15.7. The Balaban J connectivity index is 2.70. The van der Waals surface area contributed by atoms with E-state index < -0.39 is 0 Å². The van der Waals surface area contributed by atoms with E-state index in [4.69, 9.17) is 0 Å².